The molecule has 0 aromatic heterocycles. The average Bonchev–Trinajstić information content (AvgIpc) is 2.86. The smallest absolute Gasteiger partial charge is 0.0703 e. The highest BCUT2D eigenvalue weighted by atomic mass is 16.5. The molecule has 3 heteroatoms. The van der Waals surface area contributed by atoms with Gasteiger partial charge in [0, 0.05) is 24.9 Å². The Balaban J connectivity index is 1.84. The van der Waals surface area contributed by atoms with E-state index in [0.717, 1.165) is 25.3 Å². The third-order valence-electron chi connectivity index (χ3n) is 4.33. The first-order chi connectivity index (χ1) is 9.65. The number of likely N-dealkylation sites (N-methyl/N-ethyl adjacent to an activating group) is 1. The van der Waals surface area contributed by atoms with Gasteiger partial charge in [-0.05, 0) is 48.9 Å². The second kappa shape index (κ2) is 5.43. The first-order valence-electron chi connectivity index (χ1n) is 7.24. The van der Waals surface area contributed by atoms with Crippen LogP contribution < -0.4 is 5.73 Å². The van der Waals surface area contributed by atoms with Crippen LogP contribution in [0.1, 0.15) is 18.9 Å². The lowest BCUT2D eigenvalue weighted by Gasteiger charge is -2.27. The SMILES string of the molecule is CC1OCCC1N(C)Cc1cc2ccccc2cc1N. The first kappa shape index (κ1) is 13.4. The molecule has 3 nitrogen and oxygen atoms in total. The molecule has 2 atom stereocenters. The molecular formula is C17H22N2O. The second-order valence-corrected chi connectivity index (χ2v) is 5.75. The lowest BCUT2D eigenvalue weighted by atomic mass is 10.0. The molecule has 1 heterocycles. The summed E-state index contributed by atoms with van der Waals surface area (Å²) in [5.41, 5.74) is 8.29. The molecule has 2 aromatic rings. The minimum absolute atomic E-state index is 0.307. The van der Waals surface area contributed by atoms with Crippen LogP contribution in [0.2, 0.25) is 0 Å². The van der Waals surface area contributed by atoms with Gasteiger partial charge in [-0.3, -0.25) is 4.90 Å². The van der Waals surface area contributed by atoms with Crippen molar-refractivity contribution in [2.45, 2.75) is 32.0 Å². The van der Waals surface area contributed by atoms with E-state index in [1.54, 1.807) is 0 Å². The summed E-state index contributed by atoms with van der Waals surface area (Å²) in [6.07, 6.45) is 1.41. The van der Waals surface area contributed by atoms with E-state index in [-0.39, 0.29) is 0 Å². The Kier molecular flexibility index (Phi) is 3.64. The normalized spacial score (nSPS) is 22.8. The summed E-state index contributed by atoms with van der Waals surface area (Å²) in [6, 6.07) is 13.1. The predicted molar refractivity (Wildman–Crippen MR) is 83.6 cm³/mol. The highest BCUT2D eigenvalue weighted by Gasteiger charge is 2.27. The van der Waals surface area contributed by atoms with Crippen LogP contribution in [-0.2, 0) is 11.3 Å². The van der Waals surface area contributed by atoms with Gasteiger partial charge in [0.1, 0.15) is 0 Å². The molecule has 0 spiro atoms. The Morgan fingerprint density at radius 2 is 1.95 bits per heavy atom. The zero-order valence-electron chi connectivity index (χ0n) is 12.2. The van der Waals surface area contributed by atoms with E-state index in [4.69, 9.17) is 10.5 Å². The van der Waals surface area contributed by atoms with Crippen molar-refractivity contribution in [3.63, 3.8) is 0 Å². The minimum atomic E-state index is 0.307. The van der Waals surface area contributed by atoms with Crippen LogP contribution in [0, 0.1) is 0 Å². The van der Waals surface area contributed by atoms with Crippen LogP contribution in [0.3, 0.4) is 0 Å². The van der Waals surface area contributed by atoms with Crippen LogP contribution in [0.15, 0.2) is 36.4 Å². The molecule has 2 unspecified atom stereocenters. The maximum atomic E-state index is 6.21. The van der Waals surface area contributed by atoms with Crippen molar-refractivity contribution in [2.75, 3.05) is 19.4 Å². The molecule has 1 aliphatic heterocycles. The van der Waals surface area contributed by atoms with Crippen LogP contribution in [-0.4, -0.2) is 30.7 Å². The molecule has 1 fully saturated rings. The maximum absolute atomic E-state index is 6.21. The number of benzene rings is 2. The van der Waals surface area contributed by atoms with Crippen molar-refractivity contribution < 1.29 is 4.74 Å². The monoisotopic (exact) mass is 270 g/mol. The molecule has 0 bridgehead atoms. The standard InChI is InChI=1S/C17H22N2O/c1-12-17(7-8-20-12)19(2)11-15-9-13-5-3-4-6-14(13)10-16(15)18/h3-6,9-10,12,17H,7-8,11,18H2,1-2H3. The summed E-state index contributed by atoms with van der Waals surface area (Å²) in [5, 5.41) is 2.45. The first-order valence-corrected chi connectivity index (χ1v) is 7.24. The molecule has 106 valence electrons. The predicted octanol–water partition coefficient (Wildman–Crippen LogP) is 3.03. The number of anilines is 1. The van der Waals surface area contributed by atoms with Crippen molar-refractivity contribution >= 4 is 16.5 Å². The molecule has 1 saturated heterocycles. The van der Waals surface area contributed by atoms with Crippen molar-refractivity contribution in [3.05, 3.63) is 42.0 Å². The van der Waals surface area contributed by atoms with Crippen LogP contribution in [0.25, 0.3) is 10.8 Å². The molecule has 20 heavy (non-hydrogen) atoms. The molecule has 0 amide bonds. The second-order valence-electron chi connectivity index (χ2n) is 5.75. The number of hydrogen-bond donors (Lipinski definition) is 1. The maximum Gasteiger partial charge on any atom is 0.0703 e. The van der Waals surface area contributed by atoms with E-state index in [1.165, 1.54) is 16.3 Å². The fourth-order valence-electron chi connectivity index (χ4n) is 3.13. The molecule has 0 aliphatic carbocycles. The third-order valence-corrected chi connectivity index (χ3v) is 4.33. The summed E-state index contributed by atoms with van der Waals surface area (Å²) in [4.78, 5) is 2.36. The summed E-state index contributed by atoms with van der Waals surface area (Å²) in [7, 11) is 2.16. The van der Waals surface area contributed by atoms with Crippen molar-refractivity contribution in [3.8, 4) is 0 Å². The molecule has 3 rings (SSSR count). The topological polar surface area (TPSA) is 38.5 Å². The lowest BCUT2D eigenvalue weighted by molar-refractivity contribution is 0.0815. The van der Waals surface area contributed by atoms with Gasteiger partial charge in [0.05, 0.1) is 6.10 Å². The fourth-order valence-corrected chi connectivity index (χ4v) is 3.13. The van der Waals surface area contributed by atoms with Crippen LogP contribution >= 0.6 is 0 Å². The summed E-state index contributed by atoms with van der Waals surface area (Å²) in [5.74, 6) is 0. The Morgan fingerprint density at radius 3 is 2.60 bits per heavy atom. The van der Waals surface area contributed by atoms with Gasteiger partial charge in [0.25, 0.3) is 0 Å². The molecule has 0 saturated carbocycles. The molecule has 0 radical (unpaired) electrons. The number of nitrogens with two attached hydrogens (primary N) is 1. The van der Waals surface area contributed by atoms with E-state index in [1.807, 2.05) is 6.07 Å². The summed E-state index contributed by atoms with van der Waals surface area (Å²) in [6.45, 7) is 3.89. The average molecular weight is 270 g/mol. The van der Waals surface area contributed by atoms with E-state index in [0.29, 0.717) is 12.1 Å². The number of fused-ring (bicyclic) bond motifs is 1. The minimum Gasteiger partial charge on any atom is -0.398 e. The van der Waals surface area contributed by atoms with Crippen LogP contribution in [0.5, 0.6) is 0 Å². The van der Waals surface area contributed by atoms with Gasteiger partial charge >= 0.3 is 0 Å². The van der Waals surface area contributed by atoms with E-state index < -0.39 is 0 Å². The van der Waals surface area contributed by atoms with Gasteiger partial charge in [-0.25, -0.2) is 0 Å². The Morgan fingerprint density at radius 1 is 1.25 bits per heavy atom. The van der Waals surface area contributed by atoms with Crippen molar-refractivity contribution in [1.82, 2.24) is 4.90 Å². The third kappa shape index (κ3) is 2.51. The Bertz CT molecular complexity index is 611. The van der Waals surface area contributed by atoms with Crippen LogP contribution in [0.4, 0.5) is 5.69 Å². The molecule has 2 N–H and O–H groups in total. The Hall–Kier alpha value is -1.58. The summed E-state index contributed by atoms with van der Waals surface area (Å²) >= 11 is 0. The van der Waals surface area contributed by atoms with Gasteiger partial charge < -0.3 is 10.5 Å². The highest BCUT2D eigenvalue weighted by Crippen LogP contribution is 2.25. The molecule has 1 aliphatic rings. The number of nitrogens with zero attached hydrogens (tertiary/aromatic N) is 1. The lowest BCUT2D eigenvalue weighted by Crippen LogP contribution is -2.36. The zero-order valence-corrected chi connectivity index (χ0v) is 12.2. The quantitative estimate of drug-likeness (QED) is 0.871. The van der Waals surface area contributed by atoms with E-state index in [2.05, 4.69) is 49.2 Å². The highest BCUT2D eigenvalue weighted by molar-refractivity contribution is 5.86. The van der Waals surface area contributed by atoms with Crippen molar-refractivity contribution in [1.29, 1.82) is 0 Å². The summed E-state index contributed by atoms with van der Waals surface area (Å²) < 4.78 is 5.65. The van der Waals surface area contributed by atoms with Gasteiger partial charge in [-0.2, -0.15) is 0 Å². The van der Waals surface area contributed by atoms with Crippen molar-refractivity contribution in [2.24, 2.45) is 0 Å². The van der Waals surface area contributed by atoms with Gasteiger partial charge in [-0.1, -0.05) is 24.3 Å². The fraction of sp³-hybridized carbons (Fsp3) is 0.412. The zero-order chi connectivity index (χ0) is 14.1. The number of ether oxygens (including phenoxy) is 1. The molecule has 2 aromatic carbocycles. The number of nitrogen functional groups attached to an aromatic ring is 1. The molecular weight excluding hydrogens is 248 g/mol. The number of hydrogen-bond acceptors (Lipinski definition) is 3. The van der Waals surface area contributed by atoms with Gasteiger partial charge in [-0.15, -0.1) is 0 Å². The Labute approximate surface area is 120 Å². The van der Waals surface area contributed by atoms with E-state index in [9.17, 15) is 0 Å². The largest absolute Gasteiger partial charge is 0.398 e. The van der Waals surface area contributed by atoms with Gasteiger partial charge in [0.2, 0.25) is 0 Å². The van der Waals surface area contributed by atoms with Gasteiger partial charge in [0.15, 0.2) is 0 Å². The van der Waals surface area contributed by atoms with E-state index >= 15 is 0 Å². The number of rotatable bonds is 3.